The van der Waals surface area contributed by atoms with Gasteiger partial charge in [0.15, 0.2) is 0 Å². The molecule has 0 fully saturated rings. The van der Waals surface area contributed by atoms with E-state index < -0.39 is 5.97 Å². The molecule has 3 rings (SSSR count). The number of esters is 1. The highest BCUT2D eigenvalue weighted by molar-refractivity contribution is 6.37. The molecule has 0 atom stereocenters. The molecule has 0 spiro atoms. The van der Waals surface area contributed by atoms with E-state index in [0.717, 1.165) is 18.4 Å². The number of hydrogen-bond donors (Lipinski definition) is 0. The number of nitrogens with zero attached hydrogens (tertiary/aromatic N) is 2. The minimum atomic E-state index is -0.499. The molecule has 34 heavy (non-hydrogen) atoms. The van der Waals surface area contributed by atoms with E-state index in [0.29, 0.717) is 40.4 Å². The third kappa shape index (κ3) is 6.27. The molecule has 8 heteroatoms. The van der Waals surface area contributed by atoms with Gasteiger partial charge in [-0.05, 0) is 43.4 Å². The Morgan fingerprint density at radius 3 is 2.47 bits per heavy atom. The van der Waals surface area contributed by atoms with E-state index in [-0.39, 0.29) is 30.7 Å². The Hall–Kier alpha value is -3.09. The second kappa shape index (κ2) is 12.4. The summed E-state index contributed by atoms with van der Waals surface area (Å²) in [5.41, 5.74) is 2.02. The summed E-state index contributed by atoms with van der Waals surface area (Å²) in [4.78, 5) is 32.3. The average molecular weight is 501 g/mol. The fourth-order valence-electron chi connectivity index (χ4n) is 3.68. The van der Waals surface area contributed by atoms with Crippen molar-refractivity contribution in [1.29, 1.82) is 0 Å². The van der Waals surface area contributed by atoms with Gasteiger partial charge in [0.1, 0.15) is 19.0 Å². The molecule has 6 nitrogen and oxygen atoms in total. The summed E-state index contributed by atoms with van der Waals surface area (Å²) in [7, 11) is 0. The Morgan fingerprint density at radius 1 is 1.06 bits per heavy atom. The van der Waals surface area contributed by atoms with Gasteiger partial charge in [0.05, 0.1) is 22.3 Å². The number of halogens is 2. The Morgan fingerprint density at radius 2 is 1.79 bits per heavy atom. The van der Waals surface area contributed by atoms with Gasteiger partial charge in [0.25, 0.3) is 5.91 Å². The summed E-state index contributed by atoms with van der Waals surface area (Å²) >= 11 is 12.9. The van der Waals surface area contributed by atoms with Crippen molar-refractivity contribution in [3.8, 4) is 5.75 Å². The van der Waals surface area contributed by atoms with Gasteiger partial charge in [-0.1, -0.05) is 54.6 Å². The van der Waals surface area contributed by atoms with E-state index in [1.165, 1.54) is 17.0 Å². The number of carbonyl (C=O) groups is 2. The first-order valence-electron chi connectivity index (χ1n) is 10.9. The highest BCUT2D eigenvalue weighted by Crippen LogP contribution is 2.39. The monoisotopic (exact) mass is 500 g/mol. The molecular formula is C26H26Cl2N2O4. The summed E-state index contributed by atoms with van der Waals surface area (Å²) in [6, 6.07) is 6.81. The lowest BCUT2D eigenvalue weighted by Gasteiger charge is -2.28. The first-order valence-corrected chi connectivity index (χ1v) is 11.6. The standard InChI is InChI=1S/C26H26Cl2N2O4/c1-3-12-33-24-15-23(21(27)14-22(24)28)30(17-18-8-7-11-29-16-18)25(31)19-9-5-6-10-20(19)26(32)34-13-4-2/h3-4,7-8,11,14-16H,1-2,5-6,9-10,12-13,17H2. The maximum atomic E-state index is 13.9. The van der Waals surface area contributed by atoms with E-state index in [1.807, 2.05) is 6.07 Å². The van der Waals surface area contributed by atoms with Gasteiger partial charge in [-0.3, -0.25) is 9.78 Å². The van der Waals surface area contributed by atoms with Crippen LogP contribution < -0.4 is 9.64 Å². The van der Waals surface area contributed by atoms with Crippen molar-refractivity contribution in [2.75, 3.05) is 18.1 Å². The minimum absolute atomic E-state index is 0.0796. The molecule has 1 aromatic carbocycles. The maximum absolute atomic E-state index is 13.9. The van der Waals surface area contributed by atoms with E-state index >= 15 is 0 Å². The van der Waals surface area contributed by atoms with Crippen molar-refractivity contribution in [1.82, 2.24) is 4.98 Å². The van der Waals surface area contributed by atoms with Gasteiger partial charge in [-0.25, -0.2) is 4.79 Å². The lowest BCUT2D eigenvalue weighted by molar-refractivity contribution is -0.138. The molecule has 0 unspecified atom stereocenters. The summed E-state index contributed by atoms with van der Waals surface area (Å²) in [5, 5.41) is 0.593. The van der Waals surface area contributed by atoms with Crippen LogP contribution in [-0.2, 0) is 20.9 Å². The molecule has 1 heterocycles. The van der Waals surface area contributed by atoms with E-state index in [1.54, 1.807) is 30.6 Å². The largest absolute Gasteiger partial charge is 0.488 e. The topological polar surface area (TPSA) is 68.7 Å². The molecular weight excluding hydrogens is 475 g/mol. The molecule has 1 aliphatic carbocycles. The zero-order valence-electron chi connectivity index (χ0n) is 18.8. The van der Waals surface area contributed by atoms with Crippen LogP contribution in [0.2, 0.25) is 10.0 Å². The number of rotatable bonds is 10. The number of amides is 1. The van der Waals surface area contributed by atoms with Crippen LogP contribution >= 0.6 is 23.2 Å². The first kappa shape index (κ1) is 25.5. The summed E-state index contributed by atoms with van der Waals surface area (Å²) < 4.78 is 10.9. The number of ether oxygens (including phenoxy) is 2. The molecule has 0 bridgehead atoms. The zero-order chi connectivity index (χ0) is 24.5. The lowest BCUT2D eigenvalue weighted by atomic mass is 9.90. The van der Waals surface area contributed by atoms with E-state index in [2.05, 4.69) is 18.1 Å². The molecule has 0 saturated heterocycles. The Labute approximate surface area is 209 Å². The van der Waals surface area contributed by atoms with Crippen molar-refractivity contribution in [3.05, 3.63) is 88.7 Å². The number of carbonyl (C=O) groups excluding carboxylic acids is 2. The quantitative estimate of drug-likeness (QED) is 0.291. The highest BCUT2D eigenvalue weighted by Gasteiger charge is 2.30. The van der Waals surface area contributed by atoms with Crippen LogP contribution in [-0.4, -0.2) is 30.1 Å². The highest BCUT2D eigenvalue weighted by atomic mass is 35.5. The molecule has 0 saturated carbocycles. The van der Waals surface area contributed by atoms with Gasteiger partial charge in [0, 0.05) is 29.6 Å². The van der Waals surface area contributed by atoms with Gasteiger partial charge < -0.3 is 14.4 Å². The van der Waals surface area contributed by atoms with Crippen LogP contribution in [0.1, 0.15) is 31.2 Å². The van der Waals surface area contributed by atoms with Crippen molar-refractivity contribution in [2.45, 2.75) is 32.2 Å². The third-order valence-corrected chi connectivity index (χ3v) is 5.86. The molecule has 2 aromatic rings. The SMILES string of the molecule is C=CCOC(=O)C1=C(C(=O)N(Cc2cccnc2)c2cc(OCC=C)c(Cl)cc2Cl)CCCC1. The molecule has 1 aliphatic rings. The molecule has 0 aliphatic heterocycles. The number of benzene rings is 1. The van der Waals surface area contributed by atoms with Gasteiger partial charge >= 0.3 is 5.97 Å². The van der Waals surface area contributed by atoms with Crippen LogP contribution in [0.5, 0.6) is 5.75 Å². The van der Waals surface area contributed by atoms with Crippen LogP contribution in [0.3, 0.4) is 0 Å². The van der Waals surface area contributed by atoms with Crippen molar-refractivity contribution >= 4 is 40.8 Å². The zero-order valence-corrected chi connectivity index (χ0v) is 20.3. The van der Waals surface area contributed by atoms with Crippen LogP contribution in [0.15, 0.2) is 73.1 Å². The van der Waals surface area contributed by atoms with Gasteiger partial charge in [-0.2, -0.15) is 0 Å². The number of hydrogen-bond acceptors (Lipinski definition) is 5. The fourth-order valence-corrected chi connectivity index (χ4v) is 4.22. The van der Waals surface area contributed by atoms with Crippen molar-refractivity contribution in [3.63, 3.8) is 0 Å². The van der Waals surface area contributed by atoms with E-state index in [4.69, 9.17) is 32.7 Å². The normalized spacial score (nSPS) is 13.2. The summed E-state index contributed by atoms with van der Waals surface area (Å²) in [6.45, 7) is 7.73. The minimum Gasteiger partial charge on any atom is -0.488 e. The fraction of sp³-hybridized carbons (Fsp3) is 0.269. The second-order valence-corrected chi connectivity index (χ2v) is 8.45. The molecule has 178 valence electrons. The first-order chi connectivity index (χ1) is 16.5. The number of anilines is 1. The van der Waals surface area contributed by atoms with Crippen molar-refractivity contribution < 1.29 is 19.1 Å². The predicted octanol–water partition coefficient (Wildman–Crippen LogP) is 6.09. The summed E-state index contributed by atoms with van der Waals surface area (Å²) in [5.74, 6) is -0.456. The maximum Gasteiger partial charge on any atom is 0.334 e. The molecule has 0 radical (unpaired) electrons. The molecule has 1 amide bonds. The second-order valence-electron chi connectivity index (χ2n) is 7.64. The van der Waals surface area contributed by atoms with Gasteiger partial charge in [-0.15, -0.1) is 0 Å². The van der Waals surface area contributed by atoms with Crippen LogP contribution in [0, 0.1) is 0 Å². The Balaban J connectivity index is 2.08. The molecule has 0 N–H and O–H groups in total. The summed E-state index contributed by atoms with van der Waals surface area (Å²) in [6.07, 6.45) is 8.96. The average Bonchev–Trinajstić information content (AvgIpc) is 2.86. The Kier molecular flexibility index (Phi) is 9.31. The number of aromatic nitrogens is 1. The third-order valence-electron chi connectivity index (χ3n) is 5.26. The smallest absolute Gasteiger partial charge is 0.334 e. The van der Waals surface area contributed by atoms with Crippen molar-refractivity contribution in [2.24, 2.45) is 0 Å². The van der Waals surface area contributed by atoms with Crippen LogP contribution in [0.4, 0.5) is 5.69 Å². The lowest BCUT2D eigenvalue weighted by Crippen LogP contribution is -2.34. The van der Waals surface area contributed by atoms with Gasteiger partial charge in [0.2, 0.25) is 0 Å². The van der Waals surface area contributed by atoms with E-state index in [9.17, 15) is 9.59 Å². The Bertz CT molecular complexity index is 1100. The van der Waals surface area contributed by atoms with Crippen LogP contribution in [0.25, 0.3) is 0 Å². The molecule has 1 aromatic heterocycles. The number of pyridine rings is 1. The predicted molar refractivity (Wildman–Crippen MR) is 134 cm³/mol.